The van der Waals surface area contributed by atoms with Gasteiger partial charge < -0.3 is 24.3 Å². The number of aliphatic imine (C=N–C) groups is 1. The van der Waals surface area contributed by atoms with Crippen molar-refractivity contribution in [3.8, 4) is 23.0 Å². The Morgan fingerprint density at radius 3 is 2.27 bits per heavy atom. The van der Waals surface area contributed by atoms with E-state index in [1.807, 2.05) is 49.4 Å². The van der Waals surface area contributed by atoms with Crippen LogP contribution < -0.4 is 24.3 Å². The summed E-state index contributed by atoms with van der Waals surface area (Å²) in [6.45, 7) is 2.87. The minimum atomic E-state index is -0.593. The Bertz CT molecular complexity index is 1340. The molecule has 1 atom stereocenters. The van der Waals surface area contributed by atoms with Gasteiger partial charge >= 0.3 is 0 Å². The smallest absolute Gasteiger partial charge is 0.242 e. The van der Waals surface area contributed by atoms with Gasteiger partial charge in [-0.05, 0) is 79.6 Å². The van der Waals surface area contributed by atoms with E-state index in [0.717, 1.165) is 11.3 Å². The van der Waals surface area contributed by atoms with Gasteiger partial charge in [0.2, 0.25) is 11.8 Å². The molecule has 1 aliphatic rings. The highest BCUT2D eigenvalue weighted by molar-refractivity contribution is 8.15. The molecule has 0 radical (unpaired) electrons. The number of carbonyl (C=O) groups excluding carboxylic acids is 2. The molecule has 0 spiro atoms. The van der Waals surface area contributed by atoms with Gasteiger partial charge in [0.25, 0.3) is 0 Å². The largest absolute Gasteiger partial charge is 0.497 e. The average molecular weight is 564 g/mol. The van der Waals surface area contributed by atoms with E-state index in [2.05, 4.69) is 5.32 Å². The Kier molecular flexibility index (Phi) is 9.91. The van der Waals surface area contributed by atoms with Crippen LogP contribution >= 0.6 is 11.8 Å². The first-order valence-electron chi connectivity index (χ1n) is 12.9. The number of nitrogens with one attached hydrogen (secondary N) is 1. The van der Waals surface area contributed by atoms with Gasteiger partial charge in [-0.15, -0.1) is 0 Å². The van der Waals surface area contributed by atoms with Crippen LogP contribution in [0.5, 0.6) is 23.0 Å². The summed E-state index contributed by atoms with van der Waals surface area (Å²) in [5.74, 6) is 2.30. The molecule has 3 aromatic carbocycles. The van der Waals surface area contributed by atoms with E-state index in [-0.39, 0.29) is 18.2 Å². The van der Waals surface area contributed by atoms with Crippen molar-refractivity contribution in [1.82, 2.24) is 4.90 Å². The SMILES string of the molecule is CCOc1ccc(NC(=O)C[C@H]2SC(=Nc3ccc(OC)cc3)N(CCc3ccc(OC)c(OC)c3)C2=O)cc1. The molecule has 1 saturated heterocycles. The lowest BCUT2D eigenvalue weighted by molar-refractivity contribution is -0.128. The summed E-state index contributed by atoms with van der Waals surface area (Å²) in [6, 6.07) is 20.1. The van der Waals surface area contributed by atoms with Gasteiger partial charge in [-0.3, -0.25) is 14.5 Å². The van der Waals surface area contributed by atoms with Crippen molar-refractivity contribution in [2.45, 2.75) is 25.0 Å². The first-order valence-corrected chi connectivity index (χ1v) is 13.8. The molecular weight excluding hydrogens is 530 g/mol. The van der Waals surface area contributed by atoms with Crippen molar-refractivity contribution in [2.24, 2.45) is 4.99 Å². The second-order valence-corrected chi connectivity index (χ2v) is 10.0. The fraction of sp³-hybridized carbons (Fsp3) is 0.300. The number of benzene rings is 3. The topological polar surface area (TPSA) is 98.7 Å². The highest BCUT2D eigenvalue weighted by Gasteiger charge is 2.39. The van der Waals surface area contributed by atoms with Crippen molar-refractivity contribution in [3.05, 3.63) is 72.3 Å². The van der Waals surface area contributed by atoms with Gasteiger partial charge in [-0.1, -0.05) is 17.8 Å². The number of hydrogen-bond acceptors (Lipinski definition) is 8. The molecule has 3 aromatic rings. The van der Waals surface area contributed by atoms with E-state index >= 15 is 0 Å². The number of methoxy groups -OCH3 is 3. The van der Waals surface area contributed by atoms with E-state index < -0.39 is 5.25 Å². The third kappa shape index (κ3) is 7.26. The Labute approximate surface area is 238 Å². The van der Waals surface area contributed by atoms with E-state index in [0.29, 0.717) is 53.4 Å². The molecule has 40 heavy (non-hydrogen) atoms. The zero-order valence-corrected chi connectivity index (χ0v) is 23.8. The van der Waals surface area contributed by atoms with Gasteiger partial charge in [0, 0.05) is 18.7 Å². The molecule has 1 fully saturated rings. The number of nitrogens with zero attached hydrogens (tertiary/aromatic N) is 2. The van der Waals surface area contributed by atoms with Crippen LogP contribution in [0.2, 0.25) is 0 Å². The van der Waals surface area contributed by atoms with Crippen molar-refractivity contribution in [2.75, 3.05) is 39.8 Å². The van der Waals surface area contributed by atoms with E-state index in [1.54, 1.807) is 50.5 Å². The van der Waals surface area contributed by atoms with E-state index in [4.69, 9.17) is 23.9 Å². The molecule has 210 valence electrons. The second kappa shape index (κ2) is 13.7. The molecular formula is C30H33N3O6S. The van der Waals surface area contributed by atoms with Gasteiger partial charge in [0.1, 0.15) is 16.7 Å². The summed E-state index contributed by atoms with van der Waals surface area (Å²) < 4.78 is 21.4. The zero-order chi connectivity index (χ0) is 28.5. The van der Waals surface area contributed by atoms with Gasteiger partial charge in [0.15, 0.2) is 16.7 Å². The molecule has 0 aromatic heterocycles. The number of amidine groups is 1. The Hall–Kier alpha value is -4.18. The summed E-state index contributed by atoms with van der Waals surface area (Å²) in [5, 5.41) is 2.83. The number of amides is 2. The maximum Gasteiger partial charge on any atom is 0.242 e. The molecule has 0 saturated carbocycles. The average Bonchev–Trinajstić information content (AvgIpc) is 3.26. The molecule has 1 aliphatic heterocycles. The highest BCUT2D eigenvalue weighted by atomic mass is 32.2. The fourth-order valence-corrected chi connectivity index (χ4v) is 5.34. The summed E-state index contributed by atoms with van der Waals surface area (Å²) in [6.07, 6.45) is 0.588. The number of rotatable bonds is 12. The third-order valence-electron chi connectivity index (χ3n) is 6.21. The Morgan fingerprint density at radius 2 is 1.62 bits per heavy atom. The normalized spacial score (nSPS) is 15.7. The first-order chi connectivity index (χ1) is 19.4. The number of carbonyl (C=O) groups is 2. The van der Waals surface area contributed by atoms with Gasteiger partial charge in [-0.2, -0.15) is 0 Å². The minimum absolute atomic E-state index is 0.0191. The van der Waals surface area contributed by atoms with Gasteiger partial charge in [-0.25, -0.2) is 4.99 Å². The lowest BCUT2D eigenvalue weighted by atomic mass is 10.1. The molecule has 0 aliphatic carbocycles. The summed E-state index contributed by atoms with van der Waals surface area (Å²) in [4.78, 5) is 32.8. The molecule has 4 rings (SSSR count). The summed E-state index contributed by atoms with van der Waals surface area (Å²) in [7, 11) is 4.78. The minimum Gasteiger partial charge on any atom is -0.497 e. The lowest BCUT2D eigenvalue weighted by Gasteiger charge is -2.17. The van der Waals surface area contributed by atoms with Crippen LogP contribution in [0.4, 0.5) is 11.4 Å². The zero-order valence-electron chi connectivity index (χ0n) is 23.0. The van der Waals surface area contributed by atoms with Crippen LogP contribution in [0.3, 0.4) is 0 Å². The number of ether oxygens (including phenoxy) is 4. The van der Waals surface area contributed by atoms with Crippen molar-refractivity contribution >= 4 is 40.1 Å². The maximum atomic E-state index is 13.5. The number of hydrogen-bond donors (Lipinski definition) is 1. The highest BCUT2D eigenvalue weighted by Crippen LogP contribution is 2.33. The maximum absolute atomic E-state index is 13.5. The summed E-state index contributed by atoms with van der Waals surface area (Å²) in [5.41, 5.74) is 2.31. The van der Waals surface area contributed by atoms with E-state index in [1.165, 1.54) is 11.8 Å². The van der Waals surface area contributed by atoms with Crippen LogP contribution in [0, 0.1) is 0 Å². The van der Waals surface area contributed by atoms with E-state index in [9.17, 15) is 9.59 Å². The van der Waals surface area contributed by atoms with Crippen molar-refractivity contribution in [3.63, 3.8) is 0 Å². The number of thioether (sulfide) groups is 1. The van der Waals surface area contributed by atoms with Crippen LogP contribution in [0.25, 0.3) is 0 Å². The summed E-state index contributed by atoms with van der Waals surface area (Å²) >= 11 is 1.30. The van der Waals surface area contributed by atoms with Crippen LogP contribution in [-0.2, 0) is 16.0 Å². The molecule has 0 bridgehead atoms. The fourth-order valence-electron chi connectivity index (χ4n) is 4.16. The second-order valence-electron chi connectivity index (χ2n) is 8.84. The van der Waals surface area contributed by atoms with Gasteiger partial charge in [0.05, 0.1) is 33.6 Å². The molecule has 0 unspecified atom stereocenters. The monoisotopic (exact) mass is 563 g/mol. The quantitative estimate of drug-likeness (QED) is 0.319. The van der Waals surface area contributed by atoms with Crippen molar-refractivity contribution < 1.29 is 28.5 Å². The molecule has 10 heteroatoms. The molecule has 1 N–H and O–H groups in total. The third-order valence-corrected chi connectivity index (χ3v) is 7.38. The van der Waals surface area contributed by atoms with Crippen LogP contribution in [0.15, 0.2) is 71.7 Å². The predicted octanol–water partition coefficient (Wildman–Crippen LogP) is 5.31. The van der Waals surface area contributed by atoms with Crippen LogP contribution in [0.1, 0.15) is 18.9 Å². The molecule has 9 nitrogen and oxygen atoms in total. The standard InChI is InChI=1S/C30H33N3O6S/c1-5-39-24-13-9-21(10-14-24)31-28(34)19-27-29(35)33(17-16-20-6-15-25(37-3)26(18-20)38-4)30(40-27)32-22-7-11-23(36-2)12-8-22/h6-15,18,27H,5,16-17,19H2,1-4H3,(H,31,34)/t27-/m1/s1. The number of anilines is 1. The predicted molar refractivity (Wildman–Crippen MR) is 157 cm³/mol. The molecule has 2 amide bonds. The van der Waals surface area contributed by atoms with Crippen LogP contribution in [-0.4, -0.2) is 61.6 Å². The Morgan fingerprint density at radius 1 is 0.925 bits per heavy atom. The lowest BCUT2D eigenvalue weighted by Crippen LogP contribution is -2.35. The van der Waals surface area contributed by atoms with Crippen molar-refractivity contribution in [1.29, 1.82) is 0 Å². The Balaban J connectivity index is 1.49. The molecule has 1 heterocycles. The first kappa shape index (κ1) is 28.8.